The molecule has 0 bridgehead atoms. The first-order valence-electron chi connectivity index (χ1n) is 7.66. The molecule has 2 aromatic rings. The maximum atomic E-state index is 5.46. The highest BCUT2D eigenvalue weighted by atomic mass is 16.5. The second kappa shape index (κ2) is 7.31. The van der Waals surface area contributed by atoms with Gasteiger partial charge in [0, 0.05) is 12.2 Å². The van der Waals surface area contributed by atoms with Crippen molar-refractivity contribution < 1.29 is 4.52 Å². The zero-order valence-corrected chi connectivity index (χ0v) is 13.3. The molecule has 114 valence electrons. The van der Waals surface area contributed by atoms with Crippen LogP contribution in [0.5, 0.6) is 0 Å². The van der Waals surface area contributed by atoms with E-state index in [-0.39, 0.29) is 5.92 Å². The summed E-state index contributed by atoms with van der Waals surface area (Å²) in [6.07, 6.45) is 3.90. The summed E-state index contributed by atoms with van der Waals surface area (Å²) in [4.78, 5) is 8.87. The first kappa shape index (κ1) is 15.6. The second-order valence-corrected chi connectivity index (χ2v) is 5.38. The molecule has 2 atom stereocenters. The van der Waals surface area contributed by atoms with Crippen molar-refractivity contribution in [1.29, 1.82) is 0 Å². The Hall–Kier alpha value is -1.75. The van der Waals surface area contributed by atoms with Crippen molar-refractivity contribution in [2.24, 2.45) is 0 Å². The standard InChI is InChI=1S/C16H24N4O/c1-5-9-17-13(6-2)12(4)16-19-15(20-21-16)14-11(3)8-7-10-18-14/h7-8,10,12-13,17H,5-6,9H2,1-4H3. The Bertz CT molecular complexity index is 567. The molecule has 0 fully saturated rings. The van der Waals surface area contributed by atoms with E-state index in [1.165, 1.54) is 0 Å². The third-order valence-electron chi connectivity index (χ3n) is 3.75. The minimum Gasteiger partial charge on any atom is -0.339 e. The van der Waals surface area contributed by atoms with Gasteiger partial charge in [-0.05, 0) is 37.9 Å². The van der Waals surface area contributed by atoms with E-state index in [0.717, 1.165) is 30.6 Å². The highest BCUT2D eigenvalue weighted by Gasteiger charge is 2.23. The van der Waals surface area contributed by atoms with Gasteiger partial charge in [0.05, 0.1) is 5.92 Å². The van der Waals surface area contributed by atoms with Gasteiger partial charge in [-0.2, -0.15) is 4.98 Å². The lowest BCUT2D eigenvalue weighted by molar-refractivity contribution is 0.319. The molecule has 0 radical (unpaired) electrons. The summed E-state index contributed by atoms with van der Waals surface area (Å²) in [6.45, 7) is 9.46. The SMILES string of the molecule is CCCNC(CC)C(C)c1nc(-c2ncccc2C)no1. The average Bonchev–Trinajstić information content (AvgIpc) is 2.98. The van der Waals surface area contributed by atoms with Crippen LogP contribution in [0.3, 0.4) is 0 Å². The summed E-state index contributed by atoms with van der Waals surface area (Å²) < 4.78 is 5.46. The van der Waals surface area contributed by atoms with E-state index in [9.17, 15) is 0 Å². The number of nitrogens with one attached hydrogen (secondary N) is 1. The van der Waals surface area contributed by atoms with E-state index in [2.05, 4.69) is 41.2 Å². The van der Waals surface area contributed by atoms with Gasteiger partial charge in [-0.3, -0.25) is 4.98 Å². The Balaban J connectivity index is 2.17. The molecule has 0 saturated carbocycles. The van der Waals surface area contributed by atoms with Gasteiger partial charge in [0.2, 0.25) is 11.7 Å². The van der Waals surface area contributed by atoms with E-state index in [1.807, 2.05) is 19.1 Å². The van der Waals surface area contributed by atoms with Gasteiger partial charge in [0.15, 0.2) is 0 Å². The van der Waals surface area contributed by atoms with Crippen LogP contribution >= 0.6 is 0 Å². The van der Waals surface area contributed by atoms with Crippen LogP contribution in [-0.4, -0.2) is 27.7 Å². The Morgan fingerprint density at radius 2 is 2.14 bits per heavy atom. The fourth-order valence-electron chi connectivity index (χ4n) is 2.41. The minimum atomic E-state index is 0.187. The first-order valence-corrected chi connectivity index (χ1v) is 7.66. The van der Waals surface area contributed by atoms with Crippen molar-refractivity contribution in [1.82, 2.24) is 20.4 Å². The van der Waals surface area contributed by atoms with Crippen molar-refractivity contribution in [2.45, 2.75) is 52.5 Å². The molecule has 0 aliphatic carbocycles. The molecule has 0 aliphatic rings. The van der Waals surface area contributed by atoms with Crippen LogP contribution in [0.15, 0.2) is 22.9 Å². The molecule has 0 aromatic carbocycles. The Morgan fingerprint density at radius 1 is 1.33 bits per heavy atom. The van der Waals surface area contributed by atoms with E-state index >= 15 is 0 Å². The van der Waals surface area contributed by atoms with Gasteiger partial charge in [0.25, 0.3) is 0 Å². The number of pyridine rings is 1. The van der Waals surface area contributed by atoms with Crippen LogP contribution in [0.2, 0.25) is 0 Å². The molecule has 1 N–H and O–H groups in total. The van der Waals surface area contributed by atoms with E-state index in [0.29, 0.717) is 17.8 Å². The number of hydrogen-bond donors (Lipinski definition) is 1. The number of hydrogen-bond acceptors (Lipinski definition) is 5. The van der Waals surface area contributed by atoms with E-state index < -0.39 is 0 Å². The molecular formula is C16H24N4O. The smallest absolute Gasteiger partial charge is 0.231 e. The molecule has 2 heterocycles. The third kappa shape index (κ3) is 3.67. The minimum absolute atomic E-state index is 0.187. The third-order valence-corrected chi connectivity index (χ3v) is 3.75. The molecule has 21 heavy (non-hydrogen) atoms. The summed E-state index contributed by atoms with van der Waals surface area (Å²) in [7, 11) is 0. The maximum Gasteiger partial charge on any atom is 0.231 e. The largest absolute Gasteiger partial charge is 0.339 e. The lowest BCUT2D eigenvalue weighted by Gasteiger charge is -2.20. The molecule has 0 amide bonds. The van der Waals surface area contributed by atoms with E-state index in [4.69, 9.17) is 4.52 Å². The molecule has 2 rings (SSSR count). The highest BCUT2D eigenvalue weighted by molar-refractivity contribution is 5.53. The zero-order chi connectivity index (χ0) is 15.2. The lowest BCUT2D eigenvalue weighted by atomic mass is 9.99. The Labute approximate surface area is 126 Å². The summed E-state index contributed by atoms with van der Waals surface area (Å²) in [6, 6.07) is 4.26. The Morgan fingerprint density at radius 3 is 2.81 bits per heavy atom. The van der Waals surface area contributed by atoms with Crippen molar-refractivity contribution in [3.05, 3.63) is 29.8 Å². The van der Waals surface area contributed by atoms with Crippen LogP contribution in [-0.2, 0) is 0 Å². The first-order chi connectivity index (χ1) is 10.2. The lowest BCUT2D eigenvalue weighted by Crippen LogP contribution is -2.33. The predicted molar refractivity (Wildman–Crippen MR) is 83.1 cm³/mol. The fourth-order valence-corrected chi connectivity index (χ4v) is 2.41. The molecule has 0 saturated heterocycles. The maximum absolute atomic E-state index is 5.46. The van der Waals surface area contributed by atoms with Crippen molar-refractivity contribution in [3.8, 4) is 11.5 Å². The van der Waals surface area contributed by atoms with Gasteiger partial charge in [-0.25, -0.2) is 0 Å². The average molecular weight is 288 g/mol. The predicted octanol–water partition coefficient (Wildman–Crippen LogP) is 3.32. The second-order valence-electron chi connectivity index (χ2n) is 5.38. The molecule has 2 aromatic heterocycles. The Kier molecular flexibility index (Phi) is 5.44. The summed E-state index contributed by atoms with van der Waals surface area (Å²) in [5.41, 5.74) is 1.84. The summed E-state index contributed by atoms with van der Waals surface area (Å²) in [5.74, 6) is 1.43. The zero-order valence-electron chi connectivity index (χ0n) is 13.3. The van der Waals surface area contributed by atoms with Crippen LogP contribution in [0.4, 0.5) is 0 Å². The quantitative estimate of drug-likeness (QED) is 0.846. The fraction of sp³-hybridized carbons (Fsp3) is 0.562. The topological polar surface area (TPSA) is 63.8 Å². The summed E-state index contributed by atoms with van der Waals surface area (Å²) >= 11 is 0. The van der Waals surface area contributed by atoms with Crippen molar-refractivity contribution >= 4 is 0 Å². The van der Waals surface area contributed by atoms with Gasteiger partial charge < -0.3 is 9.84 Å². The summed E-state index contributed by atoms with van der Waals surface area (Å²) in [5, 5.41) is 7.62. The normalized spacial score (nSPS) is 14.1. The number of rotatable bonds is 7. The highest BCUT2D eigenvalue weighted by Crippen LogP contribution is 2.23. The molecule has 5 nitrogen and oxygen atoms in total. The van der Waals surface area contributed by atoms with Gasteiger partial charge in [-0.1, -0.05) is 32.0 Å². The van der Waals surface area contributed by atoms with Gasteiger partial charge >= 0.3 is 0 Å². The molecule has 0 aliphatic heterocycles. The van der Waals surface area contributed by atoms with Crippen molar-refractivity contribution in [3.63, 3.8) is 0 Å². The molecular weight excluding hydrogens is 264 g/mol. The molecule has 0 spiro atoms. The van der Waals surface area contributed by atoms with Gasteiger partial charge in [0.1, 0.15) is 5.69 Å². The number of aromatic nitrogens is 3. The van der Waals surface area contributed by atoms with Gasteiger partial charge in [-0.15, -0.1) is 0 Å². The van der Waals surface area contributed by atoms with E-state index in [1.54, 1.807) is 6.20 Å². The van der Waals surface area contributed by atoms with Crippen LogP contribution in [0.1, 0.15) is 51.0 Å². The van der Waals surface area contributed by atoms with Crippen LogP contribution < -0.4 is 5.32 Å². The van der Waals surface area contributed by atoms with Crippen LogP contribution in [0.25, 0.3) is 11.5 Å². The number of nitrogens with zero attached hydrogens (tertiary/aromatic N) is 3. The molecule has 2 unspecified atom stereocenters. The van der Waals surface area contributed by atoms with Crippen LogP contribution in [0, 0.1) is 6.92 Å². The molecule has 5 heteroatoms. The monoisotopic (exact) mass is 288 g/mol. The van der Waals surface area contributed by atoms with Crippen molar-refractivity contribution in [2.75, 3.05) is 6.54 Å². The number of aryl methyl sites for hydroxylation is 1.